The fourth-order valence-corrected chi connectivity index (χ4v) is 2.62. The van der Waals surface area contributed by atoms with Crippen LogP contribution in [0, 0.1) is 0 Å². The molecule has 0 spiro atoms. The van der Waals surface area contributed by atoms with Gasteiger partial charge in [-0.25, -0.2) is 0 Å². The third-order valence-corrected chi connectivity index (χ3v) is 3.63. The average Bonchev–Trinajstić information content (AvgIpc) is 2.83. The number of aromatic nitrogens is 1. The van der Waals surface area contributed by atoms with Gasteiger partial charge in [-0.15, -0.1) is 0 Å². The second-order valence-corrected chi connectivity index (χ2v) is 5.02. The van der Waals surface area contributed by atoms with Gasteiger partial charge in [0.05, 0.1) is 5.52 Å². The zero-order valence-corrected chi connectivity index (χ0v) is 11.2. The van der Waals surface area contributed by atoms with Gasteiger partial charge in [0.25, 0.3) is 5.91 Å². The van der Waals surface area contributed by atoms with Crippen molar-refractivity contribution in [1.82, 2.24) is 4.98 Å². The highest BCUT2D eigenvalue weighted by molar-refractivity contribution is 6.34. The predicted molar refractivity (Wildman–Crippen MR) is 84.7 cm³/mol. The second-order valence-electron chi connectivity index (χ2n) is 5.02. The van der Waals surface area contributed by atoms with Crippen molar-refractivity contribution in [2.24, 2.45) is 0 Å². The Hall–Kier alpha value is -2.94. The van der Waals surface area contributed by atoms with Crippen molar-refractivity contribution >= 4 is 34.1 Å². The molecule has 4 rings (SSSR count). The van der Waals surface area contributed by atoms with Gasteiger partial charge in [-0.3, -0.25) is 9.78 Å². The maximum Gasteiger partial charge on any atom is 0.256 e. The first-order valence-electron chi connectivity index (χ1n) is 6.78. The van der Waals surface area contributed by atoms with E-state index in [9.17, 15) is 4.79 Å². The Morgan fingerprint density at radius 2 is 1.81 bits per heavy atom. The normalized spacial score (nSPS) is 15.2. The van der Waals surface area contributed by atoms with E-state index in [1.165, 1.54) is 0 Å². The predicted octanol–water partition coefficient (Wildman–Crippen LogP) is 3.73. The van der Waals surface area contributed by atoms with Crippen LogP contribution in [-0.4, -0.2) is 10.9 Å². The van der Waals surface area contributed by atoms with Crippen LogP contribution >= 0.6 is 0 Å². The van der Waals surface area contributed by atoms with E-state index in [1.54, 1.807) is 6.20 Å². The van der Waals surface area contributed by atoms with Crippen molar-refractivity contribution in [2.45, 2.75) is 0 Å². The van der Waals surface area contributed by atoms with Gasteiger partial charge in [0, 0.05) is 28.4 Å². The lowest BCUT2D eigenvalue weighted by atomic mass is 10.0. The van der Waals surface area contributed by atoms with Gasteiger partial charge in [0.15, 0.2) is 0 Å². The summed E-state index contributed by atoms with van der Waals surface area (Å²) in [5, 5.41) is 3.95. The monoisotopic (exact) mass is 272 g/mol. The molecule has 2 heterocycles. The first-order valence-corrected chi connectivity index (χ1v) is 6.78. The summed E-state index contributed by atoms with van der Waals surface area (Å²) in [6.45, 7) is 0. The standard InChI is InChI=1S/C18H12N2O/c21-18-15(14-6-2-4-8-17(14)20-18)10-12-9-13-5-1-3-7-16(13)19-11-12/h1-11H,(H,20,21). The molecule has 0 unspecified atom stereocenters. The fraction of sp³-hybridized carbons (Fsp3) is 0. The molecule has 1 aliphatic rings. The Labute approximate surface area is 122 Å². The molecule has 1 aromatic heterocycles. The maximum atomic E-state index is 12.1. The maximum absolute atomic E-state index is 12.1. The topological polar surface area (TPSA) is 42.0 Å². The molecule has 1 aliphatic heterocycles. The van der Waals surface area contributed by atoms with Gasteiger partial charge in [0.1, 0.15) is 0 Å². The molecule has 0 aliphatic carbocycles. The van der Waals surface area contributed by atoms with Crippen LogP contribution in [0.1, 0.15) is 11.1 Å². The number of pyridine rings is 1. The molecule has 3 heteroatoms. The largest absolute Gasteiger partial charge is 0.321 e. The Bertz CT molecular complexity index is 896. The van der Waals surface area contributed by atoms with Crippen LogP contribution < -0.4 is 5.32 Å². The Kier molecular flexibility index (Phi) is 2.57. The molecule has 2 aromatic carbocycles. The molecule has 21 heavy (non-hydrogen) atoms. The SMILES string of the molecule is O=C1Nc2ccccc2C1=Cc1cnc2ccccc2c1. The minimum absolute atomic E-state index is 0.0654. The van der Waals surface area contributed by atoms with Gasteiger partial charge < -0.3 is 5.32 Å². The van der Waals surface area contributed by atoms with Crippen molar-refractivity contribution in [3.05, 3.63) is 71.9 Å². The molecule has 0 saturated heterocycles. The summed E-state index contributed by atoms with van der Waals surface area (Å²) in [6.07, 6.45) is 3.68. The zero-order chi connectivity index (χ0) is 14.2. The van der Waals surface area contributed by atoms with Gasteiger partial charge in [-0.1, -0.05) is 36.4 Å². The van der Waals surface area contributed by atoms with Crippen LogP contribution in [0.15, 0.2) is 60.8 Å². The summed E-state index contributed by atoms with van der Waals surface area (Å²) in [7, 11) is 0. The number of fused-ring (bicyclic) bond motifs is 2. The molecule has 3 nitrogen and oxygen atoms in total. The van der Waals surface area contributed by atoms with Gasteiger partial charge >= 0.3 is 0 Å². The number of anilines is 1. The fourth-order valence-electron chi connectivity index (χ4n) is 2.62. The number of nitrogens with zero attached hydrogens (tertiary/aromatic N) is 1. The van der Waals surface area contributed by atoms with Crippen molar-refractivity contribution in [2.75, 3.05) is 5.32 Å². The molecular weight excluding hydrogens is 260 g/mol. The minimum atomic E-state index is -0.0654. The van der Waals surface area contributed by atoms with Gasteiger partial charge in [-0.2, -0.15) is 0 Å². The van der Waals surface area contributed by atoms with Crippen LogP contribution in [0.3, 0.4) is 0 Å². The van der Waals surface area contributed by atoms with E-state index >= 15 is 0 Å². The lowest BCUT2D eigenvalue weighted by Gasteiger charge is -2.00. The quantitative estimate of drug-likeness (QED) is 0.686. The minimum Gasteiger partial charge on any atom is -0.321 e. The van der Waals surface area contributed by atoms with E-state index < -0.39 is 0 Å². The molecular formula is C18H12N2O. The highest BCUT2D eigenvalue weighted by Crippen LogP contribution is 2.32. The lowest BCUT2D eigenvalue weighted by Crippen LogP contribution is -2.03. The number of hydrogen-bond donors (Lipinski definition) is 1. The molecule has 0 saturated carbocycles. The third kappa shape index (κ3) is 1.99. The highest BCUT2D eigenvalue weighted by atomic mass is 16.2. The molecule has 0 radical (unpaired) electrons. The summed E-state index contributed by atoms with van der Waals surface area (Å²) in [5.74, 6) is -0.0654. The summed E-state index contributed by atoms with van der Waals surface area (Å²) in [6, 6.07) is 17.7. The first kappa shape index (κ1) is 11.9. The van der Waals surface area contributed by atoms with Crippen molar-refractivity contribution in [3.63, 3.8) is 0 Å². The molecule has 0 fully saturated rings. The van der Waals surface area contributed by atoms with E-state index in [1.807, 2.05) is 60.7 Å². The molecule has 100 valence electrons. The summed E-state index contributed by atoms with van der Waals surface area (Å²) < 4.78 is 0. The Morgan fingerprint density at radius 1 is 1.00 bits per heavy atom. The smallest absolute Gasteiger partial charge is 0.256 e. The van der Waals surface area contributed by atoms with E-state index in [0.717, 1.165) is 27.7 Å². The molecule has 0 bridgehead atoms. The molecule has 1 N–H and O–H groups in total. The van der Waals surface area contributed by atoms with Gasteiger partial charge in [0.2, 0.25) is 0 Å². The summed E-state index contributed by atoms with van der Waals surface area (Å²) >= 11 is 0. The van der Waals surface area contributed by atoms with Crippen molar-refractivity contribution in [1.29, 1.82) is 0 Å². The highest BCUT2D eigenvalue weighted by Gasteiger charge is 2.23. The van der Waals surface area contributed by atoms with Gasteiger partial charge in [-0.05, 0) is 29.8 Å². The lowest BCUT2D eigenvalue weighted by molar-refractivity contribution is -0.110. The second kappa shape index (κ2) is 4.56. The number of carbonyl (C=O) groups is 1. The Morgan fingerprint density at radius 3 is 2.76 bits per heavy atom. The summed E-state index contributed by atoms with van der Waals surface area (Å²) in [5.41, 5.74) is 4.37. The van der Waals surface area contributed by atoms with Crippen LogP contribution in [0.25, 0.3) is 22.6 Å². The van der Waals surface area contributed by atoms with E-state index in [2.05, 4.69) is 10.3 Å². The number of nitrogens with one attached hydrogen (secondary N) is 1. The number of amides is 1. The number of rotatable bonds is 1. The van der Waals surface area contributed by atoms with Crippen molar-refractivity contribution < 1.29 is 4.79 Å². The molecule has 0 atom stereocenters. The average molecular weight is 272 g/mol. The number of hydrogen-bond acceptors (Lipinski definition) is 2. The van der Waals surface area contributed by atoms with E-state index in [-0.39, 0.29) is 5.91 Å². The van der Waals surface area contributed by atoms with E-state index in [4.69, 9.17) is 0 Å². The number of para-hydroxylation sites is 2. The Balaban J connectivity index is 1.84. The number of carbonyl (C=O) groups excluding carboxylic acids is 1. The first-order chi connectivity index (χ1) is 10.3. The molecule has 1 amide bonds. The van der Waals surface area contributed by atoms with Crippen LogP contribution in [0.2, 0.25) is 0 Å². The van der Waals surface area contributed by atoms with E-state index in [0.29, 0.717) is 5.57 Å². The van der Waals surface area contributed by atoms with Crippen LogP contribution in [-0.2, 0) is 4.79 Å². The van der Waals surface area contributed by atoms with Crippen molar-refractivity contribution in [3.8, 4) is 0 Å². The summed E-state index contributed by atoms with van der Waals surface area (Å²) in [4.78, 5) is 16.5. The zero-order valence-electron chi connectivity index (χ0n) is 11.2. The van der Waals surface area contributed by atoms with Crippen LogP contribution in [0.5, 0.6) is 0 Å². The van der Waals surface area contributed by atoms with Crippen LogP contribution in [0.4, 0.5) is 5.69 Å². The third-order valence-electron chi connectivity index (χ3n) is 3.63. The number of benzene rings is 2. The molecule has 3 aromatic rings.